The fraction of sp³-hybridized carbons (Fsp3) is 0.471. The summed E-state index contributed by atoms with van der Waals surface area (Å²) in [6.07, 6.45) is 2.66. The minimum atomic E-state index is 0.701. The first-order valence-electron chi connectivity index (χ1n) is 8.14. The molecule has 0 amide bonds. The second-order valence-electron chi connectivity index (χ2n) is 5.37. The molecular weight excluding hydrogens is 288 g/mol. The third-order valence-corrected chi connectivity index (χ3v) is 3.57. The van der Waals surface area contributed by atoms with Gasteiger partial charge >= 0.3 is 0 Å². The second kappa shape index (κ2) is 8.92. The van der Waals surface area contributed by atoms with Crippen molar-refractivity contribution in [2.24, 2.45) is 4.99 Å². The molecule has 0 bridgehead atoms. The van der Waals surface area contributed by atoms with Gasteiger partial charge in [-0.3, -0.25) is 4.99 Å². The van der Waals surface area contributed by atoms with Gasteiger partial charge in [-0.15, -0.1) is 10.2 Å². The molecule has 0 fully saturated rings. The Kier molecular flexibility index (Phi) is 6.59. The summed E-state index contributed by atoms with van der Waals surface area (Å²) < 4.78 is 2.06. The van der Waals surface area contributed by atoms with Crippen molar-refractivity contribution in [1.82, 2.24) is 25.0 Å². The molecule has 1 aromatic heterocycles. The Hall–Kier alpha value is -2.37. The maximum absolute atomic E-state index is 4.71. The summed E-state index contributed by atoms with van der Waals surface area (Å²) in [6.45, 7) is 7.35. The topological polar surface area (TPSA) is 58.3 Å². The number of hydrogen-bond acceptors (Lipinski definition) is 3. The lowest BCUT2D eigenvalue weighted by Crippen LogP contribution is -2.38. The maximum atomic E-state index is 4.71. The van der Waals surface area contributed by atoms with Crippen molar-refractivity contribution < 1.29 is 0 Å². The largest absolute Gasteiger partial charge is 0.357 e. The predicted octanol–water partition coefficient (Wildman–Crippen LogP) is 1.94. The third kappa shape index (κ3) is 5.09. The standard InChI is InChI=1S/C17H26N6/c1-4-16-21-20-14-23(16)12-11-19-17(18-5-2)22(3)13-15-9-7-6-8-10-15/h6-10,14H,4-5,11-13H2,1-3H3,(H,18,19). The molecule has 0 aliphatic rings. The molecule has 23 heavy (non-hydrogen) atoms. The average molecular weight is 314 g/mol. The van der Waals surface area contributed by atoms with Gasteiger partial charge in [-0.25, -0.2) is 0 Å². The van der Waals surface area contributed by atoms with Crippen LogP contribution in [0.25, 0.3) is 0 Å². The summed E-state index contributed by atoms with van der Waals surface area (Å²) in [4.78, 5) is 6.86. The predicted molar refractivity (Wildman–Crippen MR) is 93.3 cm³/mol. The minimum absolute atomic E-state index is 0.701. The van der Waals surface area contributed by atoms with Crippen LogP contribution >= 0.6 is 0 Å². The zero-order valence-corrected chi connectivity index (χ0v) is 14.2. The van der Waals surface area contributed by atoms with Crippen LogP contribution in [0.5, 0.6) is 0 Å². The van der Waals surface area contributed by atoms with E-state index < -0.39 is 0 Å². The van der Waals surface area contributed by atoms with Gasteiger partial charge < -0.3 is 14.8 Å². The van der Waals surface area contributed by atoms with Crippen LogP contribution in [0.3, 0.4) is 0 Å². The van der Waals surface area contributed by atoms with Crippen LogP contribution < -0.4 is 5.32 Å². The molecule has 0 atom stereocenters. The molecule has 1 aromatic carbocycles. The molecule has 1 N–H and O–H groups in total. The number of nitrogens with zero attached hydrogens (tertiary/aromatic N) is 5. The highest BCUT2D eigenvalue weighted by molar-refractivity contribution is 5.79. The van der Waals surface area contributed by atoms with E-state index in [1.54, 1.807) is 6.33 Å². The van der Waals surface area contributed by atoms with Crippen LogP contribution in [0.15, 0.2) is 41.7 Å². The van der Waals surface area contributed by atoms with E-state index in [1.807, 2.05) is 6.07 Å². The van der Waals surface area contributed by atoms with E-state index in [1.165, 1.54) is 5.56 Å². The Balaban J connectivity index is 1.96. The zero-order valence-electron chi connectivity index (χ0n) is 14.2. The summed E-state index contributed by atoms with van der Waals surface area (Å²) in [5.74, 6) is 1.92. The van der Waals surface area contributed by atoms with E-state index in [9.17, 15) is 0 Å². The fourth-order valence-corrected chi connectivity index (χ4v) is 2.40. The van der Waals surface area contributed by atoms with Gasteiger partial charge in [0, 0.05) is 33.1 Å². The smallest absolute Gasteiger partial charge is 0.194 e. The summed E-state index contributed by atoms with van der Waals surface area (Å²) in [7, 11) is 2.06. The molecule has 0 aliphatic carbocycles. The Morgan fingerprint density at radius 1 is 1.26 bits per heavy atom. The van der Waals surface area contributed by atoms with E-state index >= 15 is 0 Å². The number of guanidine groups is 1. The molecule has 6 heteroatoms. The van der Waals surface area contributed by atoms with Crippen molar-refractivity contribution >= 4 is 5.96 Å². The van der Waals surface area contributed by atoms with Gasteiger partial charge in [0.1, 0.15) is 12.2 Å². The average Bonchev–Trinajstić information content (AvgIpc) is 3.02. The molecule has 1 heterocycles. The van der Waals surface area contributed by atoms with Gasteiger partial charge in [0.25, 0.3) is 0 Å². The van der Waals surface area contributed by atoms with E-state index in [2.05, 4.69) is 70.1 Å². The monoisotopic (exact) mass is 314 g/mol. The number of aliphatic imine (C=N–C) groups is 1. The Morgan fingerprint density at radius 2 is 2.04 bits per heavy atom. The zero-order chi connectivity index (χ0) is 16.5. The van der Waals surface area contributed by atoms with Crippen molar-refractivity contribution in [1.29, 1.82) is 0 Å². The van der Waals surface area contributed by atoms with Gasteiger partial charge in [-0.05, 0) is 12.5 Å². The highest BCUT2D eigenvalue weighted by Gasteiger charge is 2.06. The number of aryl methyl sites for hydroxylation is 1. The SMILES string of the molecule is CCNC(=NCCn1cnnc1CC)N(C)Cc1ccccc1. The Labute approximate surface area is 138 Å². The Morgan fingerprint density at radius 3 is 2.74 bits per heavy atom. The van der Waals surface area contributed by atoms with Gasteiger partial charge in [0.15, 0.2) is 5.96 Å². The molecule has 0 radical (unpaired) electrons. The van der Waals surface area contributed by atoms with Crippen molar-refractivity contribution in [2.45, 2.75) is 33.4 Å². The second-order valence-corrected chi connectivity index (χ2v) is 5.37. The van der Waals surface area contributed by atoms with Crippen molar-refractivity contribution in [3.05, 3.63) is 48.0 Å². The molecule has 0 saturated heterocycles. The number of nitrogens with one attached hydrogen (secondary N) is 1. The van der Waals surface area contributed by atoms with Crippen LogP contribution in [0.1, 0.15) is 25.2 Å². The molecule has 0 unspecified atom stereocenters. The van der Waals surface area contributed by atoms with Crippen molar-refractivity contribution in [3.8, 4) is 0 Å². The quantitative estimate of drug-likeness (QED) is 0.627. The first-order chi connectivity index (χ1) is 11.2. The molecule has 0 aliphatic heterocycles. The number of hydrogen-bond donors (Lipinski definition) is 1. The molecule has 0 saturated carbocycles. The lowest BCUT2D eigenvalue weighted by molar-refractivity contribution is 0.475. The summed E-state index contributed by atoms with van der Waals surface area (Å²) in [6, 6.07) is 10.4. The molecule has 6 nitrogen and oxygen atoms in total. The number of aromatic nitrogens is 3. The molecule has 2 aromatic rings. The van der Waals surface area contributed by atoms with Gasteiger partial charge in [-0.1, -0.05) is 37.3 Å². The van der Waals surface area contributed by atoms with Crippen molar-refractivity contribution in [2.75, 3.05) is 20.1 Å². The van der Waals surface area contributed by atoms with Gasteiger partial charge in [0.05, 0.1) is 6.54 Å². The summed E-state index contributed by atoms with van der Waals surface area (Å²) in [5.41, 5.74) is 1.27. The normalized spacial score (nSPS) is 11.5. The first-order valence-corrected chi connectivity index (χ1v) is 8.14. The summed E-state index contributed by atoms with van der Waals surface area (Å²) in [5, 5.41) is 11.4. The Bertz CT molecular complexity index is 605. The molecular formula is C17H26N6. The maximum Gasteiger partial charge on any atom is 0.194 e. The van der Waals surface area contributed by atoms with E-state index in [0.29, 0.717) is 6.54 Å². The molecule has 0 spiro atoms. The summed E-state index contributed by atoms with van der Waals surface area (Å²) >= 11 is 0. The lowest BCUT2D eigenvalue weighted by Gasteiger charge is -2.22. The van der Waals surface area contributed by atoms with Crippen LogP contribution in [0.2, 0.25) is 0 Å². The fourth-order valence-electron chi connectivity index (χ4n) is 2.40. The van der Waals surface area contributed by atoms with Crippen LogP contribution in [-0.2, 0) is 19.5 Å². The first kappa shape index (κ1) is 17.0. The van der Waals surface area contributed by atoms with Crippen LogP contribution in [-0.4, -0.2) is 45.8 Å². The van der Waals surface area contributed by atoms with E-state index in [0.717, 1.165) is 37.8 Å². The minimum Gasteiger partial charge on any atom is -0.357 e. The lowest BCUT2D eigenvalue weighted by atomic mass is 10.2. The van der Waals surface area contributed by atoms with Crippen molar-refractivity contribution in [3.63, 3.8) is 0 Å². The number of benzene rings is 1. The number of rotatable bonds is 7. The molecule has 124 valence electrons. The van der Waals surface area contributed by atoms with Crippen LogP contribution in [0.4, 0.5) is 0 Å². The molecule has 2 rings (SSSR count). The third-order valence-electron chi connectivity index (χ3n) is 3.57. The van der Waals surface area contributed by atoms with Gasteiger partial charge in [0.2, 0.25) is 0 Å². The highest BCUT2D eigenvalue weighted by atomic mass is 15.3. The van der Waals surface area contributed by atoms with E-state index in [4.69, 9.17) is 4.99 Å². The van der Waals surface area contributed by atoms with E-state index in [-0.39, 0.29) is 0 Å². The highest BCUT2D eigenvalue weighted by Crippen LogP contribution is 2.03. The van der Waals surface area contributed by atoms with Crippen LogP contribution in [0, 0.1) is 0 Å². The van der Waals surface area contributed by atoms with Gasteiger partial charge in [-0.2, -0.15) is 0 Å².